The van der Waals surface area contributed by atoms with Crippen LogP contribution in [0, 0.1) is 0 Å². The second-order valence-electron chi connectivity index (χ2n) is 4.35. The number of nitrogens with zero attached hydrogens (tertiary/aromatic N) is 1. The van der Waals surface area contributed by atoms with E-state index in [2.05, 4.69) is 37.7 Å². The van der Waals surface area contributed by atoms with Crippen LogP contribution in [-0.4, -0.2) is 5.84 Å². The molecule has 0 saturated heterocycles. The van der Waals surface area contributed by atoms with Gasteiger partial charge in [0.15, 0.2) is 0 Å². The molecule has 0 fully saturated rings. The molecule has 0 saturated carbocycles. The molecule has 0 amide bonds. The summed E-state index contributed by atoms with van der Waals surface area (Å²) in [6.07, 6.45) is 10.9. The molecule has 2 heteroatoms. The van der Waals surface area contributed by atoms with Gasteiger partial charge in [0.05, 0.1) is 0 Å². The molecule has 1 aliphatic rings. The summed E-state index contributed by atoms with van der Waals surface area (Å²) < 4.78 is 0. The van der Waals surface area contributed by atoms with Gasteiger partial charge in [-0.2, -0.15) is 0 Å². The van der Waals surface area contributed by atoms with E-state index in [4.69, 9.17) is 0 Å². The van der Waals surface area contributed by atoms with Gasteiger partial charge in [0, 0.05) is 18.0 Å². The van der Waals surface area contributed by atoms with Crippen LogP contribution in [0.5, 0.6) is 0 Å². The highest BCUT2D eigenvalue weighted by Crippen LogP contribution is 2.19. The fourth-order valence-corrected chi connectivity index (χ4v) is 1.54. The fraction of sp³-hybridized carbons (Fsp3) is 0.312. The molecule has 0 aromatic carbocycles. The van der Waals surface area contributed by atoms with Gasteiger partial charge >= 0.3 is 0 Å². The van der Waals surface area contributed by atoms with Crippen molar-refractivity contribution in [2.24, 2.45) is 4.99 Å². The summed E-state index contributed by atoms with van der Waals surface area (Å²) in [6, 6.07) is 0. The molecule has 0 spiro atoms. The van der Waals surface area contributed by atoms with E-state index in [1.54, 1.807) is 0 Å². The average molecular weight is 242 g/mol. The summed E-state index contributed by atoms with van der Waals surface area (Å²) in [5.74, 6) is 0.894. The molecule has 96 valence electrons. The molecule has 0 aromatic heterocycles. The van der Waals surface area contributed by atoms with Gasteiger partial charge in [-0.1, -0.05) is 31.2 Å². The molecule has 0 unspecified atom stereocenters. The van der Waals surface area contributed by atoms with Gasteiger partial charge in [0.2, 0.25) is 0 Å². The summed E-state index contributed by atoms with van der Waals surface area (Å²) in [5, 5.41) is 3.17. The molecule has 18 heavy (non-hydrogen) atoms. The maximum Gasteiger partial charge on any atom is 0.137 e. The Morgan fingerprint density at radius 1 is 1.44 bits per heavy atom. The van der Waals surface area contributed by atoms with E-state index >= 15 is 0 Å². The van der Waals surface area contributed by atoms with Crippen molar-refractivity contribution in [3.63, 3.8) is 0 Å². The zero-order chi connectivity index (χ0) is 13.5. The first kappa shape index (κ1) is 14.2. The van der Waals surface area contributed by atoms with Gasteiger partial charge in [-0.25, -0.2) is 4.99 Å². The maximum absolute atomic E-state index is 4.50. The van der Waals surface area contributed by atoms with Gasteiger partial charge in [0.1, 0.15) is 5.84 Å². The van der Waals surface area contributed by atoms with Crippen molar-refractivity contribution >= 4 is 5.84 Å². The van der Waals surface area contributed by atoms with Crippen LogP contribution >= 0.6 is 0 Å². The molecule has 2 nitrogen and oxygen atoms in total. The molecular formula is C16H22N2. The first-order valence-corrected chi connectivity index (χ1v) is 6.29. The van der Waals surface area contributed by atoms with Crippen molar-refractivity contribution in [1.82, 2.24) is 5.32 Å². The minimum Gasteiger partial charge on any atom is -0.346 e. The molecule has 0 aromatic rings. The monoisotopic (exact) mass is 242 g/mol. The molecule has 1 heterocycles. The van der Waals surface area contributed by atoms with Crippen LogP contribution in [0.3, 0.4) is 0 Å². The second kappa shape index (κ2) is 6.80. The molecule has 1 N–H and O–H groups in total. The third-order valence-electron chi connectivity index (χ3n) is 2.95. The van der Waals surface area contributed by atoms with Gasteiger partial charge in [-0.15, -0.1) is 0 Å². The molecule has 0 aliphatic carbocycles. The topological polar surface area (TPSA) is 24.4 Å². The van der Waals surface area contributed by atoms with Gasteiger partial charge < -0.3 is 5.32 Å². The Labute approximate surface area is 110 Å². The summed E-state index contributed by atoms with van der Waals surface area (Å²) in [6.45, 7) is 12.3. The summed E-state index contributed by atoms with van der Waals surface area (Å²) in [7, 11) is 0. The Morgan fingerprint density at radius 2 is 2.17 bits per heavy atom. The van der Waals surface area contributed by atoms with Gasteiger partial charge in [0.25, 0.3) is 0 Å². The van der Waals surface area contributed by atoms with Gasteiger partial charge in [-0.3, -0.25) is 0 Å². The normalized spacial score (nSPS) is 20.7. The lowest BCUT2D eigenvalue weighted by atomic mass is 10.0. The van der Waals surface area contributed by atoms with Crippen molar-refractivity contribution in [2.45, 2.75) is 34.1 Å². The Kier molecular flexibility index (Phi) is 5.37. The second-order valence-corrected chi connectivity index (χ2v) is 4.35. The maximum atomic E-state index is 4.50. The largest absolute Gasteiger partial charge is 0.346 e. The third kappa shape index (κ3) is 3.59. The predicted molar refractivity (Wildman–Crippen MR) is 80.4 cm³/mol. The first-order chi connectivity index (χ1) is 8.60. The van der Waals surface area contributed by atoms with Crippen LogP contribution in [0.2, 0.25) is 0 Å². The van der Waals surface area contributed by atoms with E-state index < -0.39 is 0 Å². The predicted octanol–water partition coefficient (Wildman–Crippen LogP) is 4.26. The lowest BCUT2D eigenvalue weighted by molar-refractivity contribution is 1.08. The molecule has 0 bridgehead atoms. The summed E-state index contributed by atoms with van der Waals surface area (Å²) in [4.78, 5) is 4.50. The third-order valence-corrected chi connectivity index (χ3v) is 2.95. The van der Waals surface area contributed by atoms with E-state index in [-0.39, 0.29) is 0 Å². The van der Waals surface area contributed by atoms with Crippen LogP contribution in [0.1, 0.15) is 34.1 Å². The van der Waals surface area contributed by atoms with E-state index in [0.29, 0.717) is 0 Å². The molecule has 0 radical (unpaired) electrons. The number of nitrogens with one attached hydrogen (secondary N) is 1. The van der Waals surface area contributed by atoms with Crippen molar-refractivity contribution < 1.29 is 0 Å². The van der Waals surface area contributed by atoms with E-state index in [1.807, 2.05) is 37.6 Å². The number of aliphatic imine (C=N–C) groups is 1. The molecular weight excluding hydrogens is 220 g/mol. The smallest absolute Gasteiger partial charge is 0.137 e. The zero-order valence-corrected chi connectivity index (χ0v) is 11.7. The number of hydrogen-bond acceptors (Lipinski definition) is 1. The number of allylic oxidation sites excluding steroid dienone is 5. The van der Waals surface area contributed by atoms with Crippen LogP contribution in [-0.2, 0) is 0 Å². The van der Waals surface area contributed by atoms with Crippen LogP contribution in [0.25, 0.3) is 0 Å². The van der Waals surface area contributed by atoms with Crippen molar-refractivity contribution in [3.8, 4) is 0 Å². The van der Waals surface area contributed by atoms with E-state index in [0.717, 1.165) is 29.0 Å². The van der Waals surface area contributed by atoms with Crippen molar-refractivity contribution in [2.75, 3.05) is 0 Å². The summed E-state index contributed by atoms with van der Waals surface area (Å²) in [5.41, 5.74) is 4.54. The molecule has 1 rings (SSSR count). The molecule has 0 atom stereocenters. The first-order valence-electron chi connectivity index (χ1n) is 6.29. The highest BCUT2D eigenvalue weighted by Gasteiger charge is 2.12. The minimum absolute atomic E-state index is 0.894. The minimum atomic E-state index is 0.894. The Hall–Kier alpha value is -1.83. The Bertz CT molecular complexity index is 471. The quantitative estimate of drug-likeness (QED) is 0.732. The zero-order valence-electron chi connectivity index (χ0n) is 11.7. The number of amidine groups is 1. The number of rotatable bonds is 4. The highest BCUT2D eigenvalue weighted by molar-refractivity contribution is 6.05. The van der Waals surface area contributed by atoms with Crippen LogP contribution in [0.15, 0.2) is 64.5 Å². The SMILES string of the molecule is C=C(/C=C\C)\C(C)=C1/C=CN/C1=N/C=C(\C)CC. The van der Waals surface area contributed by atoms with E-state index in [1.165, 1.54) is 5.57 Å². The van der Waals surface area contributed by atoms with Crippen LogP contribution < -0.4 is 5.32 Å². The Balaban J connectivity index is 3.04. The standard InChI is InChI=1S/C16H22N2/c1-6-8-13(4)14(5)15-9-10-17-16(15)18-11-12(3)7-2/h6,8-11H,4,7H2,1-3,5H3,(H,17,18)/b8-6-,12-11+,15-14+. The lowest BCUT2D eigenvalue weighted by Crippen LogP contribution is -2.13. The van der Waals surface area contributed by atoms with Gasteiger partial charge in [-0.05, 0) is 44.4 Å². The van der Waals surface area contributed by atoms with Crippen molar-refractivity contribution in [1.29, 1.82) is 0 Å². The van der Waals surface area contributed by atoms with Crippen molar-refractivity contribution in [3.05, 3.63) is 59.5 Å². The van der Waals surface area contributed by atoms with Crippen LogP contribution in [0.4, 0.5) is 0 Å². The molecule has 1 aliphatic heterocycles. The highest BCUT2D eigenvalue weighted by atomic mass is 15.0. The Morgan fingerprint density at radius 3 is 2.78 bits per heavy atom. The summed E-state index contributed by atoms with van der Waals surface area (Å²) >= 11 is 0. The van der Waals surface area contributed by atoms with E-state index in [9.17, 15) is 0 Å². The fourth-order valence-electron chi connectivity index (χ4n) is 1.54. The number of hydrogen-bond donors (Lipinski definition) is 1. The lowest BCUT2D eigenvalue weighted by Gasteiger charge is -2.06. The average Bonchev–Trinajstić information content (AvgIpc) is 2.83.